The molecule has 1 aromatic carbocycles. The minimum atomic E-state index is -0.564. The number of nitrogens with one attached hydrogen (secondary N) is 2. The first kappa shape index (κ1) is 17.2. The molecule has 2 unspecified atom stereocenters. The van der Waals surface area contributed by atoms with Crippen molar-refractivity contribution in [1.29, 1.82) is 0 Å². The van der Waals surface area contributed by atoms with Gasteiger partial charge in [-0.2, -0.15) is 0 Å². The number of nitrogens with two attached hydrogens (primary N) is 1. The molecule has 3 aliphatic rings. The van der Waals surface area contributed by atoms with Crippen molar-refractivity contribution in [2.24, 2.45) is 11.7 Å². The second kappa shape index (κ2) is 6.81. The third-order valence-electron chi connectivity index (χ3n) is 5.52. The highest BCUT2D eigenvalue weighted by molar-refractivity contribution is 6.05. The van der Waals surface area contributed by atoms with E-state index in [9.17, 15) is 14.4 Å². The number of carbonyl (C=O) groups is 3. The lowest BCUT2D eigenvalue weighted by molar-refractivity contribution is -0.136. The summed E-state index contributed by atoms with van der Waals surface area (Å²) in [6, 6.07) is 5.45. The Labute approximate surface area is 152 Å². The summed E-state index contributed by atoms with van der Waals surface area (Å²) in [5.74, 6) is -0.112. The monoisotopic (exact) mass is 356 g/mol. The molecule has 2 fully saturated rings. The summed E-state index contributed by atoms with van der Waals surface area (Å²) in [7, 11) is 0. The fourth-order valence-corrected chi connectivity index (χ4v) is 3.81. The van der Waals surface area contributed by atoms with Crippen LogP contribution in [0.2, 0.25) is 0 Å². The first-order valence-corrected chi connectivity index (χ1v) is 9.25. The number of amides is 3. The number of rotatable bonds is 6. The summed E-state index contributed by atoms with van der Waals surface area (Å²) in [5.41, 5.74) is 8.78. The van der Waals surface area contributed by atoms with E-state index in [1.165, 1.54) is 12.8 Å². The van der Waals surface area contributed by atoms with Gasteiger partial charge in [0, 0.05) is 37.7 Å². The zero-order valence-corrected chi connectivity index (χ0v) is 14.7. The maximum Gasteiger partial charge on any atom is 0.255 e. The molecule has 1 saturated heterocycles. The molecule has 3 amide bonds. The van der Waals surface area contributed by atoms with E-state index >= 15 is 0 Å². The van der Waals surface area contributed by atoms with Crippen molar-refractivity contribution < 1.29 is 14.4 Å². The second-order valence-corrected chi connectivity index (χ2v) is 7.52. The lowest BCUT2D eigenvalue weighted by Crippen LogP contribution is -2.52. The van der Waals surface area contributed by atoms with Crippen molar-refractivity contribution in [3.05, 3.63) is 34.9 Å². The summed E-state index contributed by atoms with van der Waals surface area (Å²) in [6.07, 6.45) is 3.13. The number of imide groups is 1. The quantitative estimate of drug-likeness (QED) is 0.635. The average molecular weight is 356 g/mol. The molecule has 2 heterocycles. The minimum absolute atomic E-state index is 0.134. The molecule has 1 aliphatic carbocycles. The maximum absolute atomic E-state index is 12.6. The molecule has 0 radical (unpaired) electrons. The molecule has 2 aliphatic heterocycles. The summed E-state index contributed by atoms with van der Waals surface area (Å²) in [4.78, 5) is 37.6. The highest BCUT2D eigenvalue weighted by Gasteiger charge is 2.39. The van der Waals surface area contributed by atoms with Crippen LogP contribution in [-0.2, 0) is 22.7 Å². The standard InChI is InChI=1S/C19H24N4O3/c20-15(12-2-3-12)9-21-8-11-1-4-14-13(7-11)10-23(19(14)26)16-5-6-17(24)22-18(16)25/h1,4,7,12,15-16,21H,2-3,5-6,8-10,20H2,(H,22,24,25). The number of piperidine rings is 1. The van der Waals surface area contributed by atoms with Crippen LogP contribution in [0.3, 0.4) is 0 Å². The first-order valence-electron chi connectivity index (χ1n) is 9.25. The molecule has 1 aromatic rings. The largest absolute Gasteiger partial charge is 0.326 e. The molecule has 0 bridgehead atoms. The Balaban J connectivity index is 1.39. The van der Waals surface area contributed by atoms with E-state index in [-0.39, 0.29) is 30.2 Å². The number of nitrogens with zero attached hydrogens (tertiary/aromatic N) is 1. The van der Waals surface area contributed by atoms with E-state index in [0.717, 1.165) is 17.7 Å². The molecular weight excluding hydrogens is 332 g/mol. The normalized spacial score (nSPS) is 23.8. The van der Waals surface area contributed by atoms with Crippen molar-refractivity contribution in [3.63, 3.8) is 0 Å². The van der Waals surface area contributed by atoms with Crippen molar-refractivity contribution in [2.75, 3.05) is 6.54 Å². The Bertz CT molecular complexity index is 759. The Kier molecular flexibility index (Phi) is 4.50. The molecule has 4 rings (SSSR count). The van der Waals surface area contributed by atoms with Gasteiger partial charge in [0.2, 0.25) is 11.8 Å². The van der Waals surface area contributed by atoms with Gasteiger partial charge in [0.05, 0.1) is 0 Å². The number of hydrogen-bond donors (Lipinski definition) is 3. The lowest BCUT2D eigenvalue weighted by Gasteiger charge is -2.29. The van der Waals surface area contributed by atoms with Gasteiger partial charge in [-0.1, -0.05) is 12.1 Å². The Morgan fingerprint density at radius 1 is 1.23 bits per heavy atom. The van der Waals surface area contributed by atoms with Gasteiger partial charge >= 0.3 is 0 Å². The van der Waals surface area contributed by atoms with Crippen LogP contribution in [0.4, 0.5) is 0 Å². The SMILES string of the molecule is NC(CNCc1ccc2c(c1)CN(C1CCC(=O)NC1=O)C2=O)C1CC1. The van der Waals surface area contributed by atoms with Crippen LogP contribution >= 0.6 is 0 Å². The third kappa shape index (κ3) is 3.37. The van der Waals surface area contributed by atoms with Crippen molar-refractivity contribution >= 4 is 17.7 Å². The minimum Gasteiger partial charge on any atom is -0.326 e. The molecule has 0 aromatic heterocycles. The highest BCUT2D eigenvalue weighted by Crippen LogP contribution is 2.31. The van der Waals surface area contributed by atoms with Gasteiger partial charge in [-0.3, -0.25) is 19.7 Å². The van der Waals surface area contributed by atoms with E-state index in [4.69, 9.17) is 5.73 Å². The van der Waals surface area contributed by atoms with Gasteiger partial charge in [0.15, 0.2) is 0 Å². The van der Waals surface area contributed by atoms with Crippen LogP contribution in [-0.4, -0.2) is 41.2 Å². The van der Waals surface area contributed by atoms with Crippen molar-refractivity contribution in [1.82, 2.24) is 15.5 Å². The van der Waals surface area contributed by atoms with Crippen LogP contribution in [0.15, 0.2) is 18.2 Å². The van der Waals surface area contributed by atoms with Gasteiger partial charge in [-0.15, -0.1) is 0 Å². The smallest absolute Gasteiger partial charge is 0.255 e. The van der Waals surface area contributed by atoms with E-state index in [0.29, 0.717) is 31.0 Å². The predicted octanol–water partition coefficient (Wildman–Crippen LogP) is 0.274. The van der Waals surface area contributed by atoms with Crippen LogP contribution in [0.25, 0.3) is 0 Å². The van der Waals surface area contributed by atoms with Gasteiger partial charge in [-0.25, -0.2) is 0 Å². The molecule has 4 N–H and O–H groups in total. The zero-order valence-electron chi connectivity index (χ0n) is 14.7. The Morgan fingerprint density at radius 2 is 2.04 bits per heavy atom. The van der Waals surface area contributed by atoms with Gasteiger partial charge in [0.1, 0.15) is 6.04 Å². The summed E-state index contributed by atoms with van der Waals surface area (Å²) in [5, 5.41) is 5.71. The molecular formula is C19H24N4O3. The molecule has 138 valence electrons. The molecule has 2 atom stereocenters. The third-order valence-corrected chi connectivity index (χ3v) is 5.52. The average Bonchev–Trinajstić information content (AvgIpc) is 3.40. The van der Waals surface area contributed by atoms with Crippen LogP contribution in [0.5, 0.6) is 0 Å². The van der Waals surface area contributed by atoms with E-state index in [1.54, 1.807) is 4.90 Å². The summed E-state index contributed by atoms with van der Waals surface area (Å²) in [6.45, 7) is 1.92. The molecule has 7 nitrogen and oxygen atoms in total. The number of carbonyl (C=O) groups excluding carboxylic acids is 3. The molecule has 1 saturated carbocycles. The molecule has 7 heteroatoms. The number of fused-ring (bicyclic) bond motifs is 1. The van der Waals surface area contributed by atoms with Crippen molar-refractivity contribution in [3.8, 4) is 0 Å². The fraction of sp³-hybridized carbons (Fsp3) is 0.526. The van der Waals surface area contributed by atoms with Crippen LogP contribution < -0.4 is 16.4 Å². The maximum atomic E-state index is 12.6. The van der Waals surface area contributed by atoms with Crippen molar-refractivity contribution in [2.45, 2.75) is 50.9 Å². The number of benzene rings is 1. The van der Waals surface area contributed by atoms with Gasteiger partial charge in [-0.05, 0) is 42.4 Å². The Hall–Kier alpha value is -2.25. The predicted molar refractivity (Wildman–Crippen MR) is 94.9 cm³/mol. The molecule has 26 heavy (non-hydrogen) atoms. The fourth-order valence-electron chi connectivity index (χ4n) is 3.81. The van der Waals surface area contributed by atoms with E-state index in [1.807, 2.05) is 18.2 Å². The first-order chi connectivity index (χ1) is 12.5. The summed E-state index contributed by atoms with van der Waals surface area (Å²) >= 11 is 0. The highest BCUT2D eigenvalue weighted by atomic mass is 16.2. The number of hydrogen-bond acceptors (Lipinski definition) is 5. The summed E-state index contributed by atoms with van der Waals surface area (Å²) < 4.78 is 0. The second-order valence-electron chi connectivity index (χ2n) is 7.52. The topological polar surface area (TPSA) is 105 Å². The van der Waals surface area contributed by atoms with Gasteiger partial charge < -0.3 is 16.0 Å². The van der Waals surface area contributed by atoms with Crippen LogP contribution in [0, 0.1) is 5.92 Å². The molecule has 0 spiro atoms. The van der Waals surface area contributed by atoms with Crippen LogP contribution in [0.1, 0.15) is 47.2 Å². The lowest BCUT2D eigenvalue weighted by atomic mass is 10.0. The van der Waals surface area contributed by atoms with Gasteiger partial charge in [0.25, 0.3) is 5.91 Å². The zero-order chi connectivity index (χ0) is 18.3. The van der Waals surface area contributed by atoms with E-state index < -0.39 is 6.04 Å². The van der Waals surface area contributed by atoms with E-state index in [2.05, 4.69) is 10.6 Å². The Morgan fingerprint density at radius 3 is 2.77 bits per heavy atom.